The normalized spacial score (nSPS) is 60.1. The van der Waals surface area contributed by atoms with Crippen molar-refractivity contribution in [3.8, 4) is 0 Å². The summed E-state index contributed by atoms with van der Waals surface area (Å²) >= 11 is 4.47. The maximum absolute atomic E-state index is 13.4. The summed E-state index contributed by atoms with van der Waals surface area (Å²) in [6.45, 7) is 4.01. The van der Waals surface area contributed by atoms with Crippen LogP contribution >= 0.6 is 45.2 Å². The van der Waals surface area contributed by atoms with Gasteiger partial charge in [-0.3, -0.25) is 9.59 Å². The van der Waals surface area contributed by atoms with E-state index < -0.39 is 23.0 Å². The van der Waals surface area contributed by atoms with E-state index in [9.17, 15) is 19.8 Å². The van der Waals surface area contributed by atoms with Crippen molar-refractivity contribution in [2.75, 3.05) is 13.2 Å². The zero-order valence-corrected chi connectivity index (χ0v) is 18.8. The van der Waals surface area contributed by atoms with Crippen LogP contribution in [0, 0.1) is 46.3 Å². The Hall–Kier alpha value is 0.320. The lowest BCUT2D eigenvalue weighted by molar-refractivity contribution is -0.207. The molecule has 0 unspecified atom stereocenters. The SMILES string of the molecule is CCOC(=O)[C@]12[C@@H]3[C@H](I)[C@@H](O)[C@@H]4[C@@H]3[C@H]3[C@@H]1[C@H](O)[C@H](I)[C@@H]3[C@@]42C(=O)OCC. The van der Waals surface area contributed by atoms with Crippen LogP contribution in [-0.4, -0.2) is 55.4 Å². The van der Waals surface area contributed by atoms with E-state index in [-0.39, 0.29) is 68.5 Å². The van der Waals surface area contributed by atoms with Gasteiger partial charge in [0.1, 0.15) is 0 Å². The number of carbonyl (C=O) groups excluding carboxylic acids is 2. The Bertz CT molecular complexity index is 607. The van der Waals surface area contributed by atoms with E-state index in [1.165, 1.54) is 0 Å². The number of esters is 2. The lowest BCUT2D eigenvalue weighted by Crippen LogP contribution is -2.68. The molecule has 0 aromatic heterocycles. The van der Waals surface area contributed by atoms with Gasteiger partial charge in [-0.2, -0.15) is 0 Å². The number of halogens is 2. The van der Waals surface area contributed by atoms with Crippen LogP contribution in [0.5, 0.6) is 0 Å². The first-order valence-corrected chi connectivity index (χ1v) is 11.8. The van der Waals surface area contributed by atoms with Crippen LogP contribution in [0.3, 0.4) is 0 Å². The highest BCUT2D eigenvalue weighted by atomic mass is 127. The molecule has 0 amide bonds. The molecule has 0 aromatic carbocycles. The van der Waals surface area contributed by atoms with Gasteiger partial charge in [-0.15, -0.1) is 0 Å². The molecule has 8 bridgehead atoms. The molecule has 0 radical (unpaired) electrons. The Kier molecular flexibility index (Phi) is 3.86. The van der Waals surface area contributed by atoms with Crippen LogP contribution in [0.15, 0.2) is 0 Å². The zero-order chi connectivity index (χ0) is 18.8. The fourth-order valence-electron chi connectivity index (χ4n) is 8.29. The monoisotopic (exact) mass is 588 g/mol. The standard InChI is InChI=1S/C18H22I2O6/c1-3-25-15(23)17-7-5-6-8(12(20)13(21)9(6)17)18(17,16(24)26-4-2)10(5)14(22)11(7)19/h5-14,21-22H,3-4H2,1-2H3/t5-,6-,7-,8+,9+,10-,11-,12+,13+,14+,17+,18+/m1/s1. The van der Waals surface area contributed by atoms with Crippen molar-refractivity contribution >= 4 is 57.1 Å². The van der Waals surface area contributed by atoms with E-state index in [0.717, 1.165) is 0 Å². The summed E-state index contributed by atoms with van der Waals surface area (Å²) in [5.41, 5.74) is -2.10. The first-order valence-electron chi connectivity index (χ1n) is 9.33. The Morgan fingerprint density at radius 2 is 1.15 bits per heavy atom. The van der Waals surface area contributed by atoms with Crippen LogP contribution in [0.25, 0.3) is 0 Å². The molecule has 6 saturated carbocycles. The number of ether oxygens (including phenoxy) is 2. The number of hydrogen-bond donors (Lipinski definition) is 2. The molecule has 2 N–H and O–H groups in total. The highest BCUT2D eigenvalue weighted by molar-refractivity contribution is 14.1. The first kappa shape index (κ1) is 18.4. The Balaban J connectivity index is 1.78. The average Bonchev–Trinajstić information content (AvgIpc) is 3.34. The summed E-state index contributed by atoms with van der Waals surface area (Å²) in [7, 11) is 0. The van der Waals surface area contributed by atoms with Crippen LogP contribution in [0.2, 0.25) is 0 Å². The van der Waals surface area contributed by atoms with Gasteiger partial charge in [-0.25, -0.2) is 0 Å². The minimum absolute atomic E-state index is 0.0881. The molecule has 12 atom stereocenters. The van der Waals surface area contributed by atoms with Gasteiger partial charge in [-0.1, -0.05) is 45.2 Å². The molecule has 0 aliphatic heterocycles. The second kappa shape index (κ2) is 5.47. The van der Waals surface area contributed by atoms with E-state index in [1.54, 1.807) is 13.8 Å². The minimum Gasteiger partial charge on any atom is -0.466 e. The maximum atomic E-state index is 13.4. The first-order chi connectivity index (χ1) is 12.3. The van der Waals surface area contributed by atoms with Crippen LogP contribution in [-0.2, 0) is 19.1 Å². The van der Waals surface area contributed by atoms with Gasteiger partial charge in [0, 0.05) is 19.7 Å². The summed E-state index contributed by atoms with van der Waals surface area (Å²) in [6, 6.07) is 0. The number of alkyl halides is 2. The molecule has 6 aliphatic rings. The van der Waals surface area contributed by atoms with E-state index >= 15 is 0 Å². The van der Waals surface area contributed by atoms with E-state index in [0.29, 0.717) is 0 Å². The van der Waals surface area contributed by atoms with Crippen molar-refractivity contribution < 1.29 is 29.3 Å². The van der Waals surface area contributed by atoms with Crippen molar-refractivity contribution in [2.45, 2.75) is 33.9 Å². The summed E-state index contributed by atoms with van der Waals surface area (Å²) in [4.78, 5) is 26.9. The predicted octanol–water partition coefficient (Wildman–Crippen LogP) is 1.18. The van der Waals surface area contributed by atoms with Crippen LogP contribution in [0.4, 0.5) is 0 Å². The number of aliphatic hydroxyl groups excluding tert-OH is 2. The largest absolute Gasteiger partial charge is 0.466 e. The Morgan fingerprint density at radius 3 is 1.46 bits per heavy atom. The molecule has 0 aromatic rings. The average molecular weight is 588 g/mol. The third kappa shape index (κ3) is 1.46. The molecule has 8 heteroatoms. The Labute approximate surface area is 179 Å². The van der Waals surface area contributed by atoms with Gasteiger partial charge in [0.2, 0.25) is 0 Å². The second-order valence-electron chi connectivity index (χ2n) is 8.31. The molecule has 6 fully saturated rings. The van der Waals surface area contributed by atoms with E-state index in [1.807, 2.05) is 0 Å². The predicted molar refractivity (Wildman–Crippen MR) is 107 cm³/mol. The van der Waals surface area contributed by atoms with Gasteiger partial charge in [0.05, 0.1) is 36.3 Å². The van der Waals surface area contributed by atoms with Crippen LogP contribution in [0.1, 0.15) is 13.8 Å². The maximum Gasteiger partial charge on any atom is 0.313 e. The van der Waals surface area contributed by atoms with Crippen molar-refractivity contribution in [3.63, 3.8) is 0 Å². The highest BCUT2D eigenvalue weighted by Gasteiger charge is 3.00. The lowest BCUT2D eigenvalue weighted by Gasteiger charge is -2.56. The fourth-order valence-corrected chi connectivity index (χ4v) is 11.3. The number of hydrogen-bond acceptors (Lipinski definition) is 6. The number of rotatable bonds is 4. The van der Waals surface area contributed by atoms with Gasteiger partial charge in [0.15, 0.2) is 0 Å². The molecule has 0 heterocycles. The van der Waals surface area contributed by atoms with Crippen molar-refractivity contribution in [2.24, 2.45) is 46.3 Å². The van der Waals surface area contributed by atoms with Gasteiger partial charge in [0.25, 0.3) is 0 Å². The lowest BCUT2D eigenvalue weighted by atomic mass is 9.49. The molecule has 0 saturated heterocycles. The quantitative estimate of drug-likeness (QED) is 0.292. The molecule has 0 spiro atoms. The molecule has 6 nitrogen and oxygen atoms in total. The van der Waals surface area contributed by atoms with Crippen LogP contribution < -0.4 is 0 Å². The van der Waals surface area contributed by atoms with E-state index in [2.05, 4.69) is 45.2 Å². The van der Waals surface area contributed by atoms with Gasteiger partial charge >= 0.3 is 11.9 Å². The van der Waals surface area contributed by atoms with Gasteiger partial charge in [-0.05, 0) is 37.5 Å². The molecular formula is C18H22I2O6. The third-order valence-corrected chi connectivity index (χ3v) is 11.2. The number of carbonyl (C=O) groups is 2. The highest BCUT2D eigenvalue weighted by Crippen LogP contribution is 2.93. The Morgan fingerprint density at radius 1 is 0.808 bits per heavy atom. The summed E-state index contributed by atoms with van der Waals surface area (Å²) in [5.74, 6) is -1.35. The summed E-state index contributed by atoms with van der Waals surface area (Å²) < 4.78 is 10.8. The minimum atomic E-state index is -1.05. The fraction of sp³-hybridized carbons (Fsp3) is 0.889. The zero-order valence-electron chi connectivity index (χ0n) is 14.5. The molecule has 6 aliphatic carbocycles. The molecule has 144 valence electrons. The third-order valence-electron chi connectivity index (χ3n) is 8.19. The summed E-state index contributed by atoms with van der Waals surface area (Å²) in [6.07, 6.45) is -1.24. The molecular weight excluding hydrogens is 566 g/mol. The van der Waals surface area contributed by atoms with E-state index in [4.69, 9.17) is 9.47 Å². The van der Waals surface area contributed by atoms with Crippen molar-refractivity contribution in [1.82, 2.24) is 0 Å². The van der Waals surface area contributed by atoms with Crippen molar-refractivity contribution in [1.29, 1.82) is 0 Å². The van der Waals surface area contributed by atoms with Crippen molar-refractivity contribution in [3.05, 3.63) is 0 Å². The molecule has 6 rings (SSSR count). The molecule has 26 heavy (non-hydrogen) atoms. The van der Waals surface area contributed by atoms with Gasteiger partial charge < -0.3 is 19.7 Å². The smallest absolute Gasteiger partial charge is 0.313 e. The number of aliphatic hydroxyl groups is 2. The second-order valence-corrected chi connectivity index (χ2v) is 11.2. The summed E-state index contributed by atoms with van der Waals surface area (Å²) in [5, 5.41) is 21.9. The topological polar surface area (TPSA) is 93.1 Å².